The van der Waals surface area contributed by atoms with Crippen LogP contribution in [0.4, 0.5) is 0 Å². The lowest BCUT2D eigenvalue weighted by atomic mass is 9.75. The van der Waals surface area contributed by atoms with E-state index >= 15 is 0 Å². The van der Waals surface area contributed by atoms with Gasteiger partial charge < -0.3 is 0 Å². The van der Waals surface area contributed by atoms with Gasteiger partial charge in [0, 0.05) is 0 Å². The fraction of sp³-hybridized carbons (Fsp3) is 0.625. The molecule has 0 fully saturated rings. The second-order valence-corrected chi connectivity index (χ2v) is 16.4. The van der Waals surface area contributed by atoms with Crippen LogP contribution in [0.25, 0.3) is 0 Å². The molecule has 0 amide bonds. The maximum absolute atomic E-state index is 2.51. The maximum Gasteiger partial charge on any atom is -0.0125 e. The molecule has 2 aromatic rings. The average molecular weight is 467 g/mol. The van der Waals surface area contributed by atoms with Gasteiger partial charge in [0.25, 0.3) is 0 Å². The molecule has 0 nitrogen and oxygen atoms in total. The molecule has 0 radical (unpaired) electrons. The molecule has 0 saturated heterocycles. The van der Waals surface area contributed by atoms with Crippen molar-refractivity contribution in [2.75, 3.05) is 0 Å². The summed E-state index contributed by atoms with van der Waals surface area (Å²) in [5.41, 5.74) is 7.98. The van der Waals surface area contributed by atoms with Crippen LogP contribution in [0.3, 0.4) is 0 Å². The summed E-state index contributed by atoms with van der Waals surface area (Å²) in [5.74, 6) is 0. The quantitative estimate of drug-likeness (QED) is 0.388. The minimum Gasteiger partial charge on any atom is -0.0582 e. The van der Waals surface area contributed by atoms with Crippen molar-refractivity contribution < 1.29 is 0 Å². The molecule has 2 rings (SSSR count). The second kappa shape index (κ2) is 8.82. The van der Waals surface area contributed by atoms with Crippen molar-refractivity contribution in [3.63, 3.8) is 0 Å². The predicted molar refractivity (Wildman–Crippen MR) is 154 cm³/mol. The van der Waals surface area contributed by atoms with Crippen molar-refractivity contribution in [3.8, 4) is 0 Å². The highest BCUT2D eigenvalue weighted by Gasteiger charge is 2.30. The Balaban J connectivity index is 2.88. The van der Waals surface area contributed by atoms with E-state index in [4.69, 9.17) is 0 Å². The molecule has 0 N–H and O–H groups in total. The average Bonchev–Trinajstić information content (AvgIpc) is 2.57. The first-order valence-electron chi connectivity index (χ1n) is 12.6. The third kappa shape index (κ3) is 6.72. The van der Waals surface area contributed by atoms with Gasteiger partial charge in [-0.05, 0) is 65.5 Å². The lowest BCUT2D eigenvalue weighted by Crippen LogP contribution is -2.32. The number of benzene rings is 2. The second-order valence-electron chi connectivity index (χ2n) is 15.1. The molecular weight excluding hydrogens is 415 g/mol. The smallest absolute Gasteiger partial charge is 0.0125 e. The first-order valence-corrected chi connectivity index (χ1v) is 13.6. The van der Waals surface area contributed by atoms with Gasteiger partial charge in [-0.25, -0.2) is 0 Å². The van der Waals surface area contributed by atoms with Crippen LogP contribution >= 0.6 is 8.58 Å². The molecule has 1 heteroatoms. The Morgan fingerprint density at radius 2 is 0.788 bits per heavy atom. The molecule has 1 atom stereocenters. The molecule has 0 aliphatic rings. The van der Waals surface area contributed by atoms with Gasteiger partial charge in [-0.1, -0.05) is 143 Å². The van der Waals surface area contributed by atoms with Gasteiger partial charge in [-0.15, -0.1) is 0 Å². The van der Waals surface area contributed by atoms with Crippen LogP contribution in [-0.2, 0) is 27.1 Å². The Bertz CT molecular complexity index is 952. The molecule has 1 unspecified atom stereocenters. The minimum absolute atomic E-state index is 0.0941. The van der Waals surface area contributed by atoms with E-state index < -0.39 is 0 Å². The highest BCUT2D eigenvalue weighted by Crippen LogP contribution is 2.38. The normalized spacial score (nSPS) is 14.4. The third-order valence-corrected chi connectivity index (χ3v) is 8.07. The van der Waals surface area contributed by atoms with E-state index in [0.29, 0.717) is 8.58 Å². The van der Waals surface area contributed by atoms with E-state index in [1.807, 2.05) is 0 Å². The van der Waals surface area contributed by atoms with Crippen molar-refractivity contribution in [1.82, 2.24) is 0 Å². The van der Waals surface area contributed by atoms with E-state index in [0.717, 1.165) is 0 Å². The van der Waals surface area contributed by atoms with Gasteiger partial charge >= 0.3 is 0 Å². The molecule has 0 heterocycles. The standard InChI is InChI=1S/C32H51P/c1-28(2,3)21-16-17-26(23(18-21)30(7,8)9)33-27-24(31(10,11)12)19-22(29(4,5)6)20-25(27)32(13,14)15/h16-20,33H,1-15H3. The Morgan fingerprint density at radius 1 is 0.424 bits per heavy atom. The first-order chi connectivity index (χ1) is 14.5. The summed E-state index contributed by atoms with van der Waals surface area (Å²) in [4.78, 5) is 0. The highest BCUT2D eigenvalue weighted by atomic mass is 31.1. The van der Waals surface area contributed by atoms with Crippen LogP contribution in [0.5, 0.6) is 0 Å². The van der Waals surface area contributed by atoms with Crippen molar-refractivity contribution in [2.45, 2.75) is 131 Å². The summed E-state index contributed by atoms with van der Waals surface area (Å²) in [7, 11) is 0.653. The van der Waals surface area contributed by atoms with Crippen LogP contribution in [-0.4, -0.2) is 0 Å². The largest absolute Gasteiger partial charge is 0.0582 e. The van der Waals surface area contributed by atoms with Crippen LogP contribution < -0.4 is 10.6 Å². The number of hydrogen-bond acceptors (Lipinski definition) is 0. The van der Waals surface area contributed by atoms with Crippen molar-refractivity contribution >= 4 is 19.2 Å². The molecule has 2 aromatic carbocycles. The van der Waals surface area contributed by atoms with E-state index in [2.05, 4.69) is 134 Å². The lowest BCUT2D eigenvalue weighted by molar-refractivity contribution is 0.554. The summed E-state index contributed by atoms with van der Waals surface area (Å²) in [6, 6.07) is 12.3. The predicted octanol–water partition coefficient (Wildman–Crippen LogP) is 8.80. The Morgan fingerprint density at radius 3 is 1.12 bits per heavy atom. The number of hydrogen-bond donors (Lipinski definition) is 0. The molecule has 184 valence electrons. The monoisotopic (exact) mass is 466 g/mol. The van der Waals surface area contributed by atoms with Crippen molar-refractivity contribution in [1.29, 1.82) is 0 Å². The van der Waals surface area contributed by atoms with Gasteiger partial charge in [-0.3, -0.25) is 0 Å². The van der Waals surface area contributed by atoms with Crippen molar-refractivity contribution in [3.05, 3.63) is 58.1 Å². The van der Waals surface area contributed by atoms with Gasteiger partial charge in [0.05, 0.1) is 0 Å². The molecule has 0 spiro atoms. The summed E-state index contributed by atoms with van der Waals surface area (Å²) >= 11 is 0. The van der Waals surface area contributed by atoms with E-state index in [1.54, 1.807) is 5.30 Å². The molecule has 0 saturated carbocycles. The van der Waals surface area contributed by atoms with Crippen LogP contribution in [0.1, 0.15) is 132 Å². The van der Waals surface area contributed by atoms with E-state index in [1.165, 1.54) is 33.1 Å². The number of rotatable bonds is 2. The molecule has 0 bridgehead atoms. The van der Waals surface area contributed by atoms with Gasteiger partial charge in [-0.2, -0.15) is 0 Å². The maximum atomic E-state index is 2.51. The van der Waals surface area contributed by atoms with E-state index in [-0.39, 0.29) is 27.1 Å². The fourth-order valence-electron chi connectivity index (χ4n) is 4.27. The van der Waals surface area contributed by atoms with E-state index in [9.17, 15) is 0 Å². The van der Waals surface area contributed by atoms with Gasteiger partial charge in [0.15, 0.2) is 0 Å². The van der Waals surface area contributed by atoms with Crippen LogP contribution in [0.15, 0.2) is 30.3 Å². The summed E-state index contributed by atoms with van der Waals surface area (Å²) in [6.45, 7) is 35.3. The topological polar surface area (TPSA) is 0 Å². The SMILES string of the molecule is CC(C)(C)c1ccc(Pc2c(C(C)(C)C)cc(C(C)(C)C)cc2C(C)(C)C)c(C(C)(C)C)c1. The zero-order chi connectivity index (χ0) is 25.8. The minimum atomic E-state index is 0.0941. The first kappa shape index (κ1) is 28.1. The zero-order valence-electron chi connectivity index (χ0n) is 24.4. The molecular formula is C32H51P. The van der Waals surface area contributed by atoms with Crippen LogP contribution in [0.2, 0.25) is 0 Å². The summed E-state index contributed by atoms with van der Waals surface area (Å²) in [6.07, 6.45) is 0. The van der Waals surface area contributed by atoms with Gasteiger partial charge in [0.2, 0.25) is 0 Å². The molecule has 0 aromatic heterocycles. The lowest BCUT2D eigenvalue weighted by Gasteiger charge is -2.34. The third-order valence-electron chi connectivity index (χ3n) is 6.57. The summed E-state index contributed by atoms with van der Waals surface area (Å²) in [5, 5.41) is 3.05. The fourth-order valence-corrected chi connectivity index (χ4v) is 6.45. The Hall–Kier alpha value is -1.13. The molecule has 33 heavy (non-hydrogen) atoms. The summed E-state index contributed by atoms with van der Waals surface area (Å²) < 4.78 is 0. The highest BCUT2D eigenvalue weighted by molar-refractivity contribution is 7.56. The Kier molecular flexibility index (Phi) is 7.52. The van der Waals surface area contributed by atoms with Gasteiger partial charge in [0.1, 0.15) is 0 Å². The molecule has 0 aliphatic carbocycles. The molecule has 0 aliphatic heterocycles. The van der Waals surface area contributed by atoms with Crippen molar-refractivity contribution in [2.24, 2.45) is 0 Å². The zero-order valence-corrected chi connectivity index (χ0v) is 25.4. The Labute approximate surface area is 208 Å². The van der Waals surface area contributed by atoms with Crippen LogP contribution in [0, 0.1) is 0 Å².